The van der Waals surface area contributed by atoms with E-state index in [1.807, 2.05) is 55.4 Å². The summed E-state index contributed by atoms with van der Waals surface area (Å²) in [4.78, 5) is 20.4. The Hall–Kier alpha value is -0.360. The monoisotopic (exact) mass is 424 g/mol. The Kier molecular flexibility index (Phi) is 12.3. The molecule has 0 bridgehead atoms. The molecule has 0 aliphatic heterocycles. The molecule has 0 fully saturated rings. The highest BCUT2D eigenvalue weighted by atomic mass is 16.9. The summed E-state index contributed by atoms with van der Waals surface area (Å²) in [6.45, 7) is 16.5. The van der Waals surface area contributed by atoms with E-state index >= 15 is 0 Å². The van der Waals surface area contributed by atoms with Crippen molar-refractivity contribution in [2.24, 2.45) is 5.92 Å². The maximum Gasteiger partial charge on any atom is 0.0894 e. The molecule has 3 N–H and O–H groups in total. The van der Waals surface area contributed by atoms with E-state index in [1.165, 1.54) is 14.2 Å². The average Bonchev–Trinajstić information content (AvgIpc) is 2.56. The summed E-state index contributed by atoms with van der Waals surface area (Å²) < 4.78 is 12.2. The van der Waals surface area contributed by atoms with Crippen molar-refractivity contribution in [3.05, 3.63) is 0 Å². The van der Waals surface area contributed by atoms with Crippen molar-refractivity contribution in [3.8, 4) is 0 Å². The molecular weight excluding hydrogens is 380 g/mol. The zero-order valence-corrected chi connectivity index (χ0v) is 20.0. The Morgan fingerprint density at radius 2 is 1.00 bits per heavy atom. The van der Waals surface area contributed by atoms with E-state index in [-0.39, 0.29) is 12.5 Å². The predicted octanol–water partition coefficient (Wildman–Crippen LogP) is 2.69. The fraction of sp³-hybridized carbons (Fsp3) is 1.00. The van der Waals surface area contributed by atoms with Gasteiger partial charge in [0.25, 0.3) is 0 Å². The Morgan fingerprint density at radius 3 is 1.28 bits per heavy atom. The number of hydrogen-bond acceptors (Lipinski definition) is 9. The van der Waals surface area contributed by atoms with E-state index in [1.54, 1.807) is 0 Å². The van der Waals surface area contributed by atoms with Gasteiger partial charge in [0, 0.05) is 18.8 Å². The van der Waals surface area contributed by atoms with Crippen LogP contribution in [0.2, 0.25) is 0 Å². The lowest BCUT2D eigenvalue weighted by atomic mass is 9.92. The number of hydrogen-bond donors (Lipinski definition) is 3. The Balaban J connectivity index is 4.58. The Labute approximate surface area is 176 Å². The van der Waals surface area contributed by atoms with Gasteiger partial charge in [-0.15, -0.1) is 0 Å². The van der Waals surface area contributed by atoms with Gasteiger partial charge in [0.05, 0.1) is 56.4 Å². The maximum atomic E-state index is 9.75. The van der Waals surface area contributed by atoms with Crippen LogP contribution >= 0.6 is 0 Å². The SMILES string of the molecule is CONOC(C)(C)CC(C)(C)OCC(CO)COC(C)(C)CC(C)(C)ONOC. The van der Waals surface area contributed by atoms with Crippen LogP contribution in [0, 0.1) is 5.92 Å². The van der Waals surface area contributed by atoms with Crippen LogP contribution in [0.15, 0.2) is 0 Å². The standard InChI is InChI=1S/C20H44N2O7/c1-17(2,14-19(5,6)28-21-24-9)26-12-16(11-23)13-27-18(3,4)15-20(7,8)29-22-25-10/h16,21-23H,11-15H2,1-10H3. The minimum atomic E-state index is -0.492. The van der Waals surface area contributed by atoms with Crippen molar-refractivity contribution >= 4 is 0 Å². The van der Waals surface area contributed by atoms with Crippen LogP contribution in [-0.4, -0.2) is 61.6 Å². The number of nitrogens with one attached hydrogen (secondary N) is 2. The van der Waals surface area contributed by atoms with E-state index in [0.29, 0.717) is 26.1 Å². The van der Waals surface area contributed by atoms with Crippen LogP contribution in [0.5, 0.6) is 0 Å². The third-order valence-electron chi connectivity index (χ3n) is 4.18. The van der Waals surface area contributed by atoms with Gasteiger partial charge in [-0.3, -0.25) is 19.4 Å². The molecule has 0 aromatic heterocycles. The topological polar surface area (TPSA) is 99.7 Å². The zero-order valence-electron chi connectivity index (χ0n) is 20.0. The van der Waals surface area contributed by atoms with Crippen LogP contribution in [0.25, 0.3) is 0 Å². The summed E-state index contributed by atoms with van der Waals surface area (Å²) in [6.07, 6.45) is 1.25. The quantitative estimate of drug-likeness (QED) is 0.304. The molecule has 0 aromatic rings. The number of rotatable bonds is 17. The second-order valence-corrected chi connectivity index (χ2v) is 9.84. The highest BCUT2D eigenvalue weighted by Crippen LogP contribution is 2.28. The molecule has 9 heteroatoms. The first-order valence-electron chi connectivity index (χ1n) is 9.98. The van der Waals surface area contributed by atoms with Gasteiger partial charge in [0.1, 0.15) is 0 Å². The molecule has 0 heterocycles. The molecule has 176 valence electrons. The third-order valence-corrected chi connectivity index (χ3v) is 4.18. The number of ether oxygens (including phenoxy) is 2. The molecule has 0 spiro atoms. The summed E-state index contributed by atoms with van der Waals surface area (Å²) >= 11 is 0. The Bertz CT molecular complexity index is 405. The molecule has 29 heavy (non-hydrogen) atoms. The maximum absolute atomic E-state index is 9.75. The summed E-state index contributed by atoms with van der Waals surface area (Å²) in [7, 11) is 2.98. The van der Waals surface area contributed by atoms with Crippen molar-refractivity contribution < 1.29 is 33.9 Å². The second kappa shape index (κ2) is 12.5. The lowest BCUT2D eigenvalue weighted by molar-refractivity contribution is -0.232. The van der Waals surface area contributed by atoms with Gasteiger partial charge in [0.15, 0.2) is 0 Å². The minimum Gasteiger partial charge on any atom is -0.396 e. The first-order valence-corrected chi connectivity index (χ1v) is 9.98. The molecule has 0 unspecified atom stereocenters. The highest BCUT2D eigenvalue weighted by Gasteiger charge is 2.33. The van der Waals surface area contributed by atoms with Gasteiger partial charge >= 0.3 is 0 Å². The predicted molar refractivity (Wildman–Crippen MR) is 110 cm³/mol. The fourth-order valence-electron chi connectivity index (χ4n) is 3.37. The molecule has 0 saturated carbocycles. The van der Waals surface area contributed by atoms with Gasteiger partial charge in [-0.2, -0.15) is 0 Å². The van der Waals surface area contributed by atoms with Gasteiger partial charge in [-0.1, -0.05) is 11.3 Å². The summed E-state index contributed by atoms with van der Waals surface area (Å²) in [6, 6.07) is 0. The number of aliphatic hydroxyl groups excluding tert-OH is 1. The molecule has 0 rings (SSSR count). The van der Waals surface area contributed by atoms with Gasteiger partial charge in [0.2, 0.25) is 0 Å². The molecular formula is C20H44N2O7. The second-order valence-electron chi connectivity index (χ2n) is 9.84. The van der Waals surface area contributed by atoms with Crippen LogP contribution < -0.4 is 11.3 Å². The van der Waals surface area contributed by atoms with Gasteiger partial charge in [-0.05, 0) is 55.4 Å². The van der Waals surface area contributed by atoms with Crippen molar-refractivity contribution in [2.45, 2.75) is 90.6 Å². The van der Waals surface area contributed by atoms with Crippen LogP contribution in [0.4, 0.5) is 0 Å². The molecule has 0 amide bonds. The summed E-state index contributed by atoms with van der Waals surface area (Å²) in [5, 5.41) is 9.75. The molecule has 9 nitrogen and oxygen atoms in total. The van der Waals surface area contributed by atoms with Crippen molar-refractivity contribution in [1.82, 2.24) is 11.3 Å². The third kappa shape index (κ3) is 14.3. The van der Waals surface area contributed by atoms with Crippen LogP contribution in [0.1, 0.15) is 68.2 Å². The normalized spacial score (nSPS) is 14.1. The fourth-order valence-corrected chi connectivity index (χ4v) is 3.37. The minimum absolute atomic E-state index is 0.0254. The molecule has 0 radical (unpaired) electrons. The number of aliphatic hydroxyl groups is 1. The van der Waals surface area contributed by atoms with Crippen LogP contribution in [-0.2, 0) is 28.8 Å². The van der Waals surface area contributed by atoms with Crippen LogP contribution in [0.3, 0.4) is 0 Å². The summed E-state index contributed by atoms with van der Waals surface area (Å²) in [5.41, 5.74) is 2.94. The van der Waals surface area contributed by atoms with E-state index in [9.17, 15) is 5.11 Å². The molecule has 0 aliphatic rings. The van der Waals surface area contributed by atoms with Gasteiger partial charge in [-0.25, -0.2) is 0 Å². The van der Waals surface area contributed by atoms with Gasteiger partial charge < -0.3 is 14.6 Å². The van der Waals surface area contributed by atoms with Crippen molar-refractivity contribution in [3.63, 3.8) is 0 Å². The van der Waals surface area contributed by atoms with Crippen molar-refractivity contribution in [2.75, 3.05) is 34.0 Å². The smallest absolute Gasteiger partial charge is 0.0894 e. The zero-order chi connectivity index (χ0) is 22.8. The summed E-state index contributed by atoms with van der Waals surface area (Å²) in [5.74, 6) is -0.143. The lowest BCUT2D eigenvalue weighted by Crippen LogP contribution is -2.43. The van der Waals surface area contributed by atoms with E-state index in [4.69, 9.17) is 28.8 Å². The average molecular weight is 425 g/mol. The first-order chi connectivity index (χ1) is 13.2. The Morgan fingerprint density at radius 1 is 0.655 bits per heavy atom. The van der Waals surface area contributed by atoms with E-state index < -0.39 is 22.4 Å². The molecule has 0 aliphatic carbocycles. The van der Waals surface area contributed by atoms with Crippen molar-refractivity contribution in [1.29, 1.82) is 0 Å². The lowest BCUT2D eigenvalue weighted by Gasteiger charge is -2.36. The largest absolute Gasteiger partial charge is 0.396 e. The molecule has 0 aromatic carbocycles. The van der Waals surface area contributed by atoms with E-state index in [2.05, 4.69) is 11.3 Å². The molecule has 0 atom stereocenters. The van der Waals surface area contributed by atoms with E-state index in [0.717, 1.165) is 0 Å². The highest BCUT2D eigenvalue weighted by molar-refractivity contribution is 4.82. The first kappa shape index (κ1) is 28.6. The molecule has 0 saturated heterocycles.